The number of nitrogens with zero attached hydrogens (tertiary/aromatic N) is 4. The molecule has 0 atom stereocenters. The number of rotatable bonds is 10. The number of fused-ring (bicyclic) bond motifs is 7. The summed E-state index contributed by atoms with van der Waals surface area (Å²) in [5.74, 6) is -0.728. The molecule has 0 saturated carbocycles. The Morgan fingerprint density at radius 2 is 1.26 bits per heavy atom. The van der Waals surface area contributed by atoms with Gasteiger partial charge in [0.05, 0.1) is 45.6 Å². The highest BCUT2D eigenvalue weighted by atomic mass is 19.1. The predicted octanol–water partition coefficient (Wildman–Crippen LogP) is 15.4. The highest BCUT2D eigenvalue weighted by molar-refractivity contribution is 6.19. The van der Waals surface area contributed by atoms with Crippen LogP contribution in [0.4, 0.5) is 37.2 Å². The number of hydrogen-bond acceptors (Lipinski definition) is 5. The summed E-state index contributed by atoms with van der Waals surface area (Å²) in [5.41, 5.74) is 11.4. The average molecular weight is 845 g/mol. The molecule has 0 radical (unpaired) electrons. The maximum atomic E-state index is 15.4. The molecule has 8 aromatic carbocycles. The highest BCUT2D eigenvalue weighted by Crippen LogP contribution is 2.61. The first-order valence-electron chi connectivity index (χ1n) is 21.1. The summed E-state index contributed by atoms with van der Waals surface area (Å²) >= 11 is 0. The Labute approximate surface area is 375 Å². The summed E-state index contributed by atoms with van der Waals surface area (Å²) in [6, 6.07) is 63.0. The molecule has 1 aromatic heterocycles. The van der Waals surface area contributed by atoms with Crippen LogP contribution in [0.1, 0.15) is 40.3 Å². The number of para-hydroxylation sites is 1. The van der Waals surface area contributed by atoms with Crippen molar-refractivity contribution < 1.29 is 13.2 Å². The molecule has 0 amide bonds. The molecule has 310 valence electrons. The van der Waals surface area contributed by atoms with Crippen LogP contribution in [0.5, 0.6) is 0 Å². The normalized spacial score (nSPS) is 12.7. The molecule has 10 rings (SSSR count). The van der Waals surface area contributed by atoms with Crippen molar-refractivity contribution in [1.82, 2.24) is 0 Å². The van der Waals surface area contributed by atoms with Crippen LogP contribution in [-0.4, -0.2) is 0 Å². The third-order valence-corrected chi connectivity index (χ3v) is 12.1. The number of halogens is 2. The largest absolute Gasteiger partial charge is 0.455 e. The summed E-state index contributed by atoms with van der Waals surface area (Å²) in [7, 11) is 0. The SMILES string of the molecule is C=C(/C=C\C=C(/C)F)N(c1ccc(C#N)cc1)c1ccc2c(c1)C(c1ccccc1)(c1ccccc1)c1cc(N(c3ccc(C#N)cc3)c3cccc(F)c3)c3c(oc4ccccc43)c1-2. The number of anilines is 5. The second kappa shape index (κ2) is 16.5. The van der Waals surface area contributed by atoms with Crippen molar-refractivity contribution in [2.45, 2.75) is 12.3 Å². The van der Waals surface area contributed by atoms with Gasteiger partial charge < -0.3 is 14.2 Å². The molecule has 1 aliphatic carbocycles. The summed E-state index contributed by atoms with van der Waals surface area (Å²) in [5, 5.41) is 21.2. The van der Waals surface area contributed by atoms with Gasteiger partial charge in [-0.2, -0.15) is 10.5 Å². The van der Waals surface area contributed by atoms with Crippen LogP contribution in [0.3, 0.4) is 0 Å². The van der Waals surface area contributed by atoms with E-state index in [-0.39, 0.29) is 5.83 Å². The first-order valence-corrected chi connectivity index (χ1v) is 21.1. The molecule has 0 unspecified atom stereocenters. The molecule has 5 nitrogen and oxygen atoms in total. The van der Waals surface area contributed by atoms with E-state index in [0.29, 0.717) is 33.7 Å². The summed E-state index contributed by atoms with van der Waals surface area (Å²) in [6.45, 7) is 5.85. The zero-order valence-corrected chi connectivity index (χ0v) is 35.2. The van der Waals surface area contributed by atoms with E-state index in [9.17, 15) is 14.9 Å². The lowest BCUT2D eigenvalue weighted by molar-refractivity contribution is 0.628. The average Bonchev–Trinajstić information content (AvgIpc) is 3.87. The van der Waals surface area contributed by atoms with Crippen LogP contribution in [0.2, 0.25) is 0 Å². The van der Waals surface area contributed by atoms with Crippen LogP contribution in [0, 0.1) is 28.5 Å². The predicted molar refractivity (Wildman–Crippen MR) is 257 cm³/mol. The van der Waals surface area contributed by atoms with Gasteiger partial charge in [-0.05, 0) is 138 Å². The molecule has 1 aliphatic rings. The van der Waals surface area contributed by atoms with Crippen molar-refractivity contribution in [3.05, 3.63) is 258 Å². The summed E-state index contributed by atoms with van der Waals surface area (Å²) in [4.78, 5) is 4.04. The molecule has 9 aromatic rings. The van der Waals surface area contributed by atoms with E-state index in [2.05, 4.69) is 67.2 Å². The van der Waals surface area contributed by atoms with Gasteiger partial charge in [-0.25, -0.2) is 8.78 Å². The highest BCUT2D eigenvalue weighted by Gasteiger charge is 2.49. The van der Waals surface area contributed by atoms with Gasteiger partial charge in [0.1, 0.15) is 17.0 Å². The van der Waals surface area contributed by atoms with Crippen molar-refractivity contribution in [3.63, 3.8) is 0 Å². The van der Waals surface area contributed by atoms with Gasteiger partial charge in [-0.1, -0.05) is 104 Å². The Bertz CT molecular complexity index is 3410. The number of allylic oxidation sites excluding steroid dienone is 4. The number of hydrogen-bond donors (Lipinski definition) is 0. The summed E-state index contributed by atoms with van der Waals surface area (Å²) < 4.78 is 36.5. The smallest absolute Gasteiger partial charge is 0.145 e. The fourth-order valence-corrected chi connectivity index (χ4v) is 9.39. The van der Waals surface area contributed by atoms with E-state index in [1.807, 2.05) is 101 Å². The second-order valence-electron chi connectivity index (χ2n) is 15.9. The monoisotopic (exact) mass is 844 g/mol. The maximum Gasteiger partial charge on any atom is 0.145 e. The van der Waals surface area contributed by atoms with Crippen molar-refractivity contribution >= 4 is 50.4 Å². The van der Waals surface area contributed by atoms with E-state index >= 15 is 4.39 Å². The number of benzene rings is 8. The minimum atomic E-state index is -0.953. The van der Waals surface area contributed by atoms with E-state index in [1.165, 1.54) is 25.1 Å². The topological polar surface area (TPSA) is 67.2 Å². The minimum absolute atomic E-state index is 0.337. The molecule has 0 spiro atoms. The molecule has 1 heterocycles. The lowest BCUT2D eigenvalue weighted by Crippen LogP contribution is -2.29. The number of nitriles is 2. The van der Waals surface area contributed by atoms with Crippen LogP contribution >= 0.6 is 0 Å². The molecular weight excluding hydrogens is 807 g/mol. The number of furan rings is 1. The zero-order chi connectivity index (χ0) is 44.7. The third-order valence-electron chi connectivity index (χ3n) is 12.1. The Morgan fingerprint density at radius 1 is 0.646 bits per heavy atom. The minimum Gasteiger partial charge on any atom is -0.455 e. The molecule has 7 heteroatoms. The third kappa shape index (κ3) is 6.84. The van der Waals surface area contributed by atoms with E-state index in [4.69, 9.17) is 4.42 Å². The second-order valence-corrected chi connectivity index (χ2v) is 15.9. The molecule has 0 aliphatic heterocycles. The van der Waals surface area contributed by atoms with Crippen molar-refractivity contribution in [2.24, 2.45) is 0 Å². The molecule has 65 heavy (non-hydrogen) atoms. The van der Waals surface area contributed by atoms with Gasteiger partial charge in [0, 0.05) is 39.4 Å². The lowest BCUT2D eigenvalue weighted by atomic mass is 9.67. The Kier molecular flexibility index (Phi) is 10.2. The Morgan fingerprint density at radius 3 is 1.89 bits per heavy atom. The van der Waals surface area contributed by atoms with Crippen molar-refractivity contribution in [3.8, 4) is 23.3 Å². The van der Waals surface area contributed by atoms with Crippen LogP contribution in [0.15, 0.2) is 223 Å². The zero-order valence-electron chi connectivity index (χ0n) is 35.2. The van der Waals surface area contributed by atoms with Crippen LogP contribution in [-0.2, 0) is 5.41 Å². The fourth-order valence-electron chi connectivity index (χ4n) is 9.39. The molecular formula is C58H38F2N4O. The van der Waals surface area contributed by atoms with Gasteiger partial charge >= 0.3 is 0 Å². The molecule has 0 N–H and O–H groups in total. The van der Waals surface area contributed by atoms with E-state index < -0.39 is 11.2 Å². The fraction of sp³-hybridized carbons (Fsp3) is 0.0345. The van der Waals surface area contributed by atoms with Gasteiger partial charge in [-0.3, -0.25) is 0 Å². The quantitative estimate of drug-likeness (QED) is 0.128. The van der Waals surface area contributed by atoms with Gasteiger partial charge in [-0.15, -0.1) is 0 Å². The Balaban J connectivity index is 1.34. The Hall–Kier alpha value is -8.78. The van der Waals surface area contributed by atoms with Gasteiger partial charge in [0.25, 0.3) is 0 Å². The molecule has 0 saturated heterocycles. The standard InChI is InChI=1S/C58H38F2N4O/c1-38(59)13-11-14-39(2)63(45-27-23-40(36-61)24-28-45)48-31-32-49-51(34-48)58(42-15-5-3-6-16-42,43-17-7-4-8-18-43)52-35-53(56-50-21-9-10-22-54(50)65-57(56)55(49)52)64(47-20-12-19-44(60)33-47)46-29-25-41(37-62)26-30-46/h3-35H,2H2,1H3/b14-11-,38-13+. The maximum absolute atomic E-state index is 15.4. The van der Waals surface area contributed by atoms with Gasteiger partial charge in [0.2, 0.25) is 0 Å². The molecule has 0 fully saturated rings. The van der Waals surface area contributed by atoms with Crippen LogP contribution < -0.4 is 9.80 Å². The van der Waals surface area contributed by atoms with Gasteiger partial charge in [0.15, 0.2) is 0 Å². The van der Waals surface area contributed by atoms with E-state index in [0.717, 1.165) is 66.9 Å². The lowest BCUT2D eigenvalue weighted by Gasteiger charge is -2.36. The van der Waals surface area contributed by atoms with Crippen molar-refractivity contribution in [2.75, 3.05) is 9.80 Å². The summed E-state index contributed by atoms with van der Waals surface area (Å²) in [6.07, 6.45) is 4.78. The van der Waals surface area contributed by atoms with Crippen molar-refractivity contribution in [1.29, 1.82) is 10.5 Å². The molecule has 0 bridgehead atoms. The van der Waals surface area contributed by atoms with E-state index in [1.54, 1.807) is 42.5 Å². The first kappa shape index (κ1) is 40.3. The first-order chi connectivity index (χ1) is 31.8. The van der Waals surface area contributed by atoms with Crippen LogP contribution in [0.25, 0.3) is 33.1 Å².